The number of halogens is 1. The van der Waals surface area contributed by atoms with Crippen LogP contribution in [-0.2, 0) is 62.7 Å². The van der Waals surface area contributed by atoms with E-state index < -0.39 is 0 Å². The molecule has 2 aromatic carbocycles. The fourth-order valence-corrected chi connectivity index (χ4v) is 14.2. The normalized spacial score (nSPS) is 23.1. The zero-order valence-corrected chi connectivity index (χ0v) is 57.0. The molecule has 4 fully saturated rings. The summed E-state index contributed by atoms with van der Waals surface area (Å²) in [6.45, 7) is 18.9. The Balaban J connectivity index is 0.000000134. The van der Waals surface area contributed by atoms with E-state index in [1.807, 2.05) is 18.0 Å². The maximum atomic E-state index is 12.0. The van der Waals surface area contributed by atoms with Crippen molar-refractivity contribution >= 4 is 81.9 Å². The summed E-state index contributed by atoms with van der Waals surface area (Å²) in [4.78, 5) is 104. The van der Waals surface area contributed by atoms with Crippen molar-refractivity contribution in [2.24, 2.45) is 23.7 Å². The molecule has 6 aromatic rings. The predicted molar refractivity (Wildman–Crippen MR) is 370 cm³/mol. The van der Waals surface area contributed by atoms with Crippen LogP contribution in [0.5, 0.6) is 0 Å². The number of aromatic nitrogens is 8. The molecule has 0 radical (unpaired) electrons. The lowest BCUT2D eigenvalue weighted by Gasteiger charge is -2.42. The molecule has 14 rings (SSSR count). The molecule has 8 aliphatic rings. The number of anilines is 7. The molecule has 4 saturated heterocycles. The van der Waals surface area contributed by atoms with Gasteiger partial charge in [0.25, 0.3) is 0 Å². The van der Waals surface area contributed by atoms with Crippen LogP contribution >= 0.6 is 11.6 Å². The van der Waals surface area contributed by atoms with Crippen molar-refractivity contribution in [2.75, 3.05) is 117 Å². The molecule has 27 heteroatoms. The summed E-state index contributed by atoms with van der Waals surface area (Å²) in [5.41, 5.74) is 6.12. The van der Waals surface area contributed by atoms with Crippen LogP contribution in [0.2, 0.25) is 5.15 Å². The molecule has 8 aliphatic heterocycles. The average molecular weight is 1330 g/mol. The SMILES string of the molecule is CC1CCN(C(=O)CC#N)CC1N(C)c1ncnc2c1CC(=O)N2.CC1CCN(Cc2ccccc2)CC1N(C)c1ncnc2c1CC(=O)N2.CC1CCNCC1N(C)c1ncnc2c1CC(=O)N2.CNC1CN(Cc2ccccc2)CCC1C.O=C1Cc2c(Cl)ncnc2N1. The van der Waals surface area contributed by atoms with Crippen molar-refractivity contribution in [2.45, 2.75) is 123 Å². The van der Waals surface area contributed by atoms with Crippen LogP contribution in [0.1, 0.15) is 93.2 Å². The van der Waals surface area contributed by atoms with Gasteiger partial charge in [-0.1, -0.05) is 100.0 Å². The summed E-state index contributed by atoms with van der Waals surface area (Å²) >= 11 is 5.69. The second-order valence-electron chi connectivity index (χ2n) is 26.3. The highest BCUT2D eigenvalue weighted by Crippen LogP contribution is 2.36. The minimum atomic E-state index is -0.132. The Morgan fingerprint density at radius 2 is 0.948 bits per heavy atom. The molecule has 8 unspecified atom stereocenters. The van der Waals surface area contributed by atoms with E-state index in [1.54, 1.807) is 11.2 Å². The van der Waals surface area contributed by atoms with E-state index >= 15 is 0 Å². The van der Waals surface area contributed by atoms with E-state index in [2.05, 4.69) is 201 Å². The van der Waals surface area contributed by atoms with Crippen LogP contribution in [0.15, 0.2) is 86.0 Å². The smallest absolute Gasteiger partial charge is 0.236 e. The quantitative estimate of drug-likeness (QED) is 0.0763. The fraction of sp³-hybridized carbons (Fsp3) is 0.507. The van der Waals surface area contributed by atoms with Gasteiger partial charge < -0.3 is 51.5 Å². The number of piperidine rings is 4. The number of amides is 5. The molecule has 0 aliphatic carbocycles. The van der Waals surface area contributed by atoms with Crippen LogP contribution in [-0.4, -0.2) is 189 Å². The molecular weight excluding hydrogens is 1240 g/mol. The van der Waals surface area contributed by atoms with Gasteiger partial charge in [-0.2, -0.15) is 5.26 Å². The van der Waals surface area contributed by atoms with E-state index in [-0.39, 0.29) is 54.8 Å². The van der Waals surface area contributed by atoms with Crippen molar-refractivity contribution in [1.29, 1.82) is 5.26 Å². The Morgan fingerprint density at radius 3 is 1.41 bits per heavy atom. The summed E-state index contributed by atoms with van der Waals surface area (Å²) in [5, 5.41) is 26.8. The number of likely N-dealkylation sites (N-methyl/N-ethyl adjacent to an activating group) is 4. The number of nitriles is 1. The van der Waals surface area contributed by atoms with E-state index in [1.165, 1.54) is 56.0 Å². The zero-order chi connectivity index (χ0) is 68.0. The van der Waals surface area contributed by atoms with Gasteiger partial charge in [-0.15, -0.1) is 0 Å². The highest BCUT2D eigenvalue weighted by molar-refractivity contribution is 6.31. The number of benzene rings is 2. The van der Waals surface area contributed by atoms with Crippen LogP contribution in [0.25, 0.3) is 0 Å². The topological polar surface area (TPSA) is 304 Å². The third-order valence-electron chi connectivity index (χ3n) is 19.7. The van der Waals surface area contributed by atoms with Gasteiger partial charge in [-0.05, 0) is 87.2 Å². The van der Waals surface area contributed by atoms with Crippen molar-refractivity contribution in [1.82, 2.24) is 65.2 Å². The van der Waals surface area contributed by atoms with Crippen molar-refractivity contribution in [3.8, 4) is 6.07 Å². The van der Waals surface area contributed by atoms with Gasteiger partial charge >= 0.3 is 0 Å². The lowest BCUT2D eigenvalue weighted by Crippen LogP contribution is -2.53. The number of rotatable bonds is 12. The Bertz CT molecular complexity index is 3730. The second-order valence-corrected chi connectivity index (χ2v) is 26.6. The van der Waals surface area contributed by atoms with Gasteiger partial charge in [0, 0.05) is 107 Å². The molecular formula is C69H90ClN21O5. The first kappa shape index (κ1) is 69.9. The predicted octanol–water partition coefficient (Wildman–Crippen LogP) is 6.02. The van der Waals surface area contributed by atoms with Gasteiger partial charge in [0.2, 0.25) is 29.5 Å². The third kappa shape index (κ3) is 17.4. The minimum Gasteiger partial charge on any atom is -0.355 e. The standard InChI is InChI=1S/C20H25N5O.C16H20N6O2.C14H22N2.C13H19N5O.C6H4ClN3O/c1-14-8-9-25(11-15-6-4-3-5-7-15)12-17(14)24(2)20-16-10-18(26)23-19(16)21-13-22-20;1-10-4-6-22(14(24)3-5-17)8-12(10)21(2)16-11-7-13(23)20-15(11)18-9-19-16;1-12-8-9-16(11-14(12)15-2)10-13-6-4-3-5-7-13;1-8-3-4-14-6-10(8)18(2)13-9-5-11(19)17-12(9)15-7-16-13;7-5-3-1-4(11)10-6(3)9-2-8-5/h3-7,13-14,17H,8-12H2,1-2H3,(H,21,22,23,26);9-10,12H,3-4,6-8H2,1-2H3,(H,18,19,20,23);3-7,12,14-15H,8-11H2,1-2H3;7-8,10,14H,3-6H2,1-2H3,(H,15,16,17,19);2H,1H2,(H,8,9,10,11). The molecule has 0 spiro atoms. The van der Waals surface area contributed by atoms with Gasteiger partial charge in [-0.25, -0.2) is 39.9 Å². The molecule has 96 heavy (non-hydrogen) atoms. The molecule has 8 atom stereocenters. The van der Waals surface area contributed by atoms with Crippen LogP contribution < -0.4 is 46.6 Å². The fourth-order valence-electron chi connectivity index (χ4n) is 14.0. The van der Waals surface area contributed by atoms with Crippen LogP contribution in [0.3, 0.4) is 0 Å². The van der Waals surface area contributed by atoms with Gasteiger partial charge in [0.05, 0.1) is 37.8 Å². The van der Waals surface area contributed by atoms with Crippen LogP contribution in [0.4, 0.5) is 40.7 Å². The number of nitrogens with one attached hydrogen (secondary N) is 6. The van der Waals surface area contributed by atoms with Crippen molar-refractivity contribution in [3.05, 3.63) is 125 Å². The molecule has 508 valence electrons. The monoisotopic (exact) mass is 1330 g/mol. The van der Waals surface area contributed by atoms with Gasteiger partial charge in [0.1, 0.15) is 77.6 Å². The van der Waals surface area contributed by atoms with Crippen molar-refractivity contribution in [3.63, 3.8) is 0 Å². The highest BCUT2D eigenvalue weighted by Gasteiger charge is 2.37. The van der Waals surface area contributed by atoms with E-state index in [0.29, 0.717) is 95.8 Å². The molecule has 0 bridgehead atoms. The first-order chi connectivity index (χ1) is 46.3. The summed E-state index contributed by atoms with van der Waals surface area (Å²) in [6, 6.07) is 24.8. The number of nitrogens with zero attached hydrogens (tertiary/aromatic N) is 15. The van der Waals surface area contributed by atoms with Crippen LogP contribution in [0, 0.1) is 35.0 Å². The number of hydrogen-bond acceptors (Lipinski definition) is 21. The molecule has 5 amide bonds. The molecule has 0 saturated carbocycles. The lowest BCUT2D eigenvalue weighted by molar-refractivity contribution is -0.131. The van der Waals surface area contributed by atoms with Gasteiger partial charge in [0.15, 0.2) is 0 Å². The Labute approximate surface area is 567 Å². The third-order valence-corrected chi connectivity index (χ3v) is 20.1. The minimum absolute atomic E-state index is 0.0000300. The lowest BCUT2D eigenvalue weighted by atomic mass is 9.91. The van der Waals surface area contributed by atoms with E-state index in [4.69, 9.17) is 16.9 Å². The maximum Gasteiger partial charge on any atom is 0.236 e. The summed E-state index contributed by atoms with van der Waals surface area (Å²) in [6.07, 6.45) is 11.6. The Hall–Kier alpha value is -8.87. The maximum absolute atomic E-state index is 12.0. The van der Waals surface area contributed by atoms with E-state index in [9.17, 15) is 24.0 Å². The number of likely N-dealkylation sites (tertiary alicyclic amines) is 3. The molecule has 4 aromatic heterocycles. The van der Waals surface area contributed by atoms with E-state index in [0.717, 1.165) is 92.2 Å². The highest BCUT2D eigenvalue weighted by atomic mass is 35.5. The van der Waals surface area contributed by atoms with Gasteiger partial charge in [-0.3, -0.25) is 33.8 Å². The molecule has 26 nitrogen and oxygen atoms in total. The first-order valence-electron chi connectivity index (χ1n) is 33.3. The first-order valence-corrected chi connectivity index (χ1v) is 33.7. The number of fused-ring (bicyclic) bond motifs is 4. The molecule has 12 heterocycles. The number of hydrogen-bond donors (Lipinski definition) is 6. The van der Waals surface area contributed by atoms with Crippen molar-refractivity contribution < 1.29 is 24.0 Å². The zero-order valence-electron chi connectivity index (χ0n) is 56.3. The summed E-state index contributed by atoms with van der Waals surface area (Å²) in [5.74, 6) is 6.98. The molecule has 6 N–H and O–H groups in total. The average Bonchev–Trinajstić information content (AvgIpc) is 1.58. The number of carbonyl (C=O) groups is 5. The largest absolute Gasteiger partial charge is 0.355 e. The number of carbonyl (C=O) groups excluding carboxylic acids is 5. The summed E-state index contributed by atoms with van der Waals surface area (Å²) < 4.78 is 0. The second kappa shape index (κ2) is 32.7. The summed E-state index contributed by atoms with van der Waals surface area (Å²) in [7, 11) is 8.16. The Kier molecular flexibility index (Phi) is 23.8. The Morgan fingerprint density at radius 1 is 0.542 bits per heavy atom.